The van der Waals surface area contributed by atoms with Gasteiger partial charge in [0.15, 0.2) is 37.2 Å². The molecule has 0 amide bonds. The zero-order valence-electron chi connectivity index (χ0n) is 49.7. The van der Waals surface area contributed by atoms with E-state index in [1.807, 2.05) is 13.8 Å². The number of allylic oxidation sites excluding steroid dienone is 4. The van der Waals surface area contributed by atoms with Crippen molar-refractivity contribution in [2.45, 2.75) is 279 Å². The number of rotatable bonds is 16. The Morgan fingerprint density at radius 3 is 1.71 bits per heavy atom. The van der Waals surface area contributed by atoms with E-state index in [-0.39, 0.29) is 72.4 Å². The summed E-state index contributed by atoms with van der Waals surface area (Å²) in [6.07, 6.45) is -34.6. The quantitative estimate of drug-likeness (QED) is 0.0226. The maximum atomic E-state index is 13.1. The Bertz CT molecular complexity index is 2470. The molecular weight excluding hydrogens is 1160 g/mol. The predicted molar refractivity (Wildman–Crippen MR) is 282 cm³/mol. The summed E-state index contributed by atoms with van der Waals surface area (Å²) in [5.74, 6) is -1.15. The van der Waals surface area contributed by atoms with Crippen LogP contribution >= 0.6 is 0 Å². The molecule has 4 aliphatic carbocycles. The molecule has 27 unspecified atom stereocenters. The van der Waals surface area contributed by atoms with Crippen molar-refractivity contribution >= 4 is 16.2 Å². The van der Waals surface area contributed by atoms with Crippen molar-refractivity contribution in [3.8, 4) is 0 Å². The molecule has 3 saturated carbocycles. The SMILES string of the molecule is CC(C)=CC(=O)CC(C)(O)[C@H]1CCC2C3C[C@H](OC4OC(C)C(O)C(OC5OCC(OC6OC(C)C(O)C(O)C6OC6OC(C)C(O)C(O)C6O)C(O)C5OC5OC(C)C(O)C(O)C5O)C4O)[C@H]4C[C@@H](OS(=O)(=O)[O-])CC[C@]4(C)C3=CC[C@@]21C.[Na+]. The fraction of sp³-hybridized carbons (Fsp3) is 0.911. The number of ether oxygens (including phenoxy) is 10. The van der Waals surface area contributed by atoms with Crippen LogP contribution in [0.2, 0.25) is 0 Å². The molecule has 0 aromatic rings. The third-order valence-electron chi connectivity index (χ3n) is 20.0. The van der Waals surface area contributed by atoms with Crippen LogP contribution in [0.15, 0.2) is 23.3 Å². The Balaban J connectivity index is 0.00000940. The van der Waals surface area contributed by atoms with Gasteiger partial charge < -0.3 is 113 Å². The molecule has 0 bridgehead atoms. The summed E-state index contributed by atoms with van der Waals surface area (Å²) in [4.78, 5) is 13.1. The van der Waals surface area contributed by atoms with Gasteiger partial charge in [0.2, 0.25) is 10.4 Å². The van der Waals surface area contributed by atoms with Gasteiger partial charge in [-0.2, -0.15) is 0 Å². The van der Waals surface area contributed by atoms with Crippen LogP contribution < -0.4 is 29.6 Å². The molecule has 5 aliphatic heterocycles. The first-order valence-corrected chi connectivity index (χ1v) is 30.7. The minimum Gasteiger partial charge on any atom is -0.726 e. The van der Waals surface area contributed by atoms with Crippen LogP contribution in [0.3, 0.4) is 0 Å². The summed E-state index contributed by atoms with van der Waals surface area (Å²) >= 11 is 0. The van der Waals surface area contributed by atoms with Gasteiger partial charge in [0.05, 0.1) is 48.8 Å². The number of carbonyl (C=O) groups excluding carboxylic acids is 1. The van der Waals surface area contributed by atoms with Gasteiger partial charge in [-0.15, -0.1) is 0 Å². The number of fused-ring (bicyclic) bond motifs is 5. The Morgan fingerprint density at radius 1 is 0.635 bits per heavy atom. The van der Waals surface area contributed by atoms with E-state index in [9.17, 15) is 79.0 Å². The Morgan fingerprint density at radius 2 is 1.14 bits per heavy atom. The first-order chi connectivity index (χ1) is 39.1. The van der Waals surface area contributed by atoms with Crippen molar-refractivity contribution < 1.29 is 160 Å². The van der Waals surface area contributed by atoms with Gasteiger partial charge in [-0.25, -0.2) is 8.42 Å². The van der Waals surface area contributed by atoms with Crippen molar-refractivity contribution in [2.24, 2.45) is 34.5 Å². The predicted octanol–water partition coefficient (Wildman–Crippen LogP) is -5.07. The first-order valence-electron chi connectivity index (χ1n) is 29.4. The van der Waals surface area contributed by atoms with E-state index in [0.29, 0.717) is 32.1 Å². The number of carbonyl (C=O) groups is 1. The minimum absolute atomic E-state index is 0. The van der Waals surface area contributed by atoms with E-state index in [4.69, 9.17) is 51.6 Å². The molecule has 9 aliphatic rings. The topological polar surface area (TPSA) is 419 Å². The molecule has 12 N–H and O–H groups in total. The molecule has 0 aromatic carbocycles. The van der Waals surface area contributed by atoms with Crippen LogP contribution in [-0.4, -0.2) is 252 Å². The number of hydrogen-bond donors (Lipinski definition) is 12. The number of ketones is 1. The van der Waals surface area contributed by atoms with Crippen molar-refractivity contribution in [2.75, 3.05) is 6.61 Å². The number of hydrogen-bond acceptors (Lipinski definition) is 27. The molecule has 85 heavy (non-hydrogen) atoms. The minimum atomic E-state index is -5.13. The van der Waals surface area contributed by atoms with Gasteiger partial charge in [-0.1, -0.05) is 31.1 Å². The van der Waals surface area contributed by atoms with Crippen molar-refractivity contribution in [1.82, 2.24) is 0 Å². The first kappa shape index (κ1) is 70.0. The van der Waals surface area contributed by atoms with Gasteiger partial charge in [-0.3, -0.25) is 8.98 Å². The number of aliphatic hydroxyl groups is 12. The maximum absolute atomic E-state index is 13.1. The van der Waals surface area contributed by atoms with Gasteiger partial charge >= 0.3 is 29.6 Å². The monoisotopic (exact) mass is 1250 g/mol. The fourth-order valence-electron chi connectivity index (χ4n) is 15.5. The van der Waals surface area contributed by atoms with E-state index in [1.165, 1.54) is 33.8 Å². The van der Waals surface area contributed by atoms with Crippen molar-refractivity contribution in [3.05, 3.63) is 23.3 Å². The molecule has 482 valence electrons. The van der Waals surface area contributed by atoms with E-state index in [1.54, 1.807) is 6.92 Å². The summed E-state index contributed by atoms with van der Waals surface area (Å²) in [7, 11) is -5.13. The molecule has 0 spiro atoms. The second-order valence-corrected chi connectivity index (χ2v) is 27.2. The fourth-order valence-corrected chi connectivity index (χ4v) is 16.0. The Kier molecular flexibility index (Phi) is 22.2. The van der Waals surface area contributed by atoms with Crippen LogP contribution in [0.4, 0.5) is 0 Å². The van der Waals surface area contributed by atoms with Crippen LogP contribution in [0.1, 0.15) is 114 Å². The zero-order chi connectivity index (χ0) is 61.6. The second-order valence-electron chi connectivity index (χ2n) is 26.2. The average Bonchev–Trinajstić information content (AvgIpc) is 1.74. The van der Waals surface area contributed by atoms with E-state index < -0.39 is 199 Å². The molecule has 33 atom stereocenters. The van der Waals surface area contributed by atoms with Crippen LogP contribution in [0, 0.1) is 34.5 Å². The molecule has 0 radical (unpaired) electrons. The van der Waals surface area contributed by atoms with Crippen LogP contribution in [0.5, 0.6) is 0 Å². The zero-order valence-corrected chi connectivity index (χ0v) is 52.6. The smallest absolute Gasteiger partial charge is 0.726 e. The third kappa shape index (κ3) is 14.1. The second kappa shape index (κ2) is 27.0. The standard InChI is InChI=1S/C56H90O27S.Na/c1-21(2)16-26(57)19-56(9,69)34-11-10-29-28-18-32(31-17-27(83-84(70,71)72)12-14-54(31,7)30(28)13-15-55(29,34)8)78-51-45(68)46(38(61)25(6)76-51)80-52-47(81-49-43(66)40(63)35(58)22(3)74-49)39(62)33(20-73-52)79-53-48(42(65)37(60)24(5)77-53)82-50-44(67)41(64)36(59)23(4)75-50;/h13,16,22-25,27-29,31-53,58-69H,10-12,14-15,17-20H2,1-9H3,(H,70,71,72);/q;+1/p-1/t22?,23?,24?,25?,27-,28?,29?,31+,32-,33?,34-,35?,36?,37?,38?,39?,40?,41?,42?,43?,44?,45?,46?,47?,48?,49?,50?,51?,52?,53?,54+,55-,56?;/m0./s1. The summed E-state index contributed by atoms with van der Waals surface area (Å²) in [6, 6.07) is 0. The molecular formula is C56H89NaO27S. The summed E-state index contributed by atoms with van der Waals surface area (Å²) in [5.41, 5.74) is -0.529. The molecule has 5 heterocycles. The van der Waals surface area contributed by atoms with E-state index in [2.05, 4.69) is 19.9 Å². The van der Waals surface area contributed by atoms with E-state index >= 15 is 0 Å². The Hall–Kier alpha value is -0.860. The normalized spacial score (nSPS) is 51.0. The average molecular weight is 1250 g/mol. The van der Waals surface area contributed by atoms with Gasteiger partial charge in [0, 0.05) is 6.42 Å². The van der Waals surface area contributed by atoms with E-state index in [0.717, 1.165) is 11.1 Å². The van der Waals surface area contributed by atoms with Crippen molar-refractivity contribution in [1.29, 1.82) is 0 Å². The van der Waals surface area contributed by atoms with Crippen LogP contribution in [-0.2, 0) is 66.7 Å². The van der Waals surface area contributed by atoms with Gasteiger partial charge in [0.25, 0.3) is 0 Å². The summed E-state index contributed by atoms with van der Waals surface area (Å²) < 4.78 is 102. The largest absolute Gasteiger partial charge is 1.00 e. The third-order valence-corrected chi connectivity index (χ3v) is 20.6. The molecule has 0 aromatic heterocycles. The van der Waals surface area contributed by atoms with Gasteiger partial charge in [0.1, 0.15) is 91.6 Å². The molecule has 9 rings (SSSR count). The molecule has 27 nitrogen and oxygen atoms in total. The van der Waals surface area contributed by atoms with Gasteiger partial charge in [-0.05, 0) is 134 Å². The Labute approximate surface area is 517 Å². The maximum Gasteiger partial charge on any atom is 1.00 e. The van der Waals surface area contributed by atoms with Crippen molar-refractivity contribution in [3.63, 3.8) is 0 Å². The van der Waals surface area contributed by atoms with Crippen LogP contribution in [0.25, 0.3) is 0 Å². The number of aliphatic hydroxyl groups excluding tert-OH is 11. The summed E-state index contributed by atoms with van der Waals surface area (Å²) in [6.45, 7) is 14.6. The molecule has 29 heteroatoms. The molecule has 8 fully saturated rings. The summed E-state index contributed by atoms with van der Waals surface area (Å²) in [5, 5.41) is 135. The molecule has 5 saturated heterocycles.